The van der Waals surface area contributed by atoms with Gasteiger partial charge in [0.25, 0.3) is 0 Å². The van der Waals surface area contributed by atoms with Crippen molar-refractivity contribution in [2.75, 3.05) is 23.7 Å². The maximum absolute atomic E-state index is 14.1. The quantitative estimate of drug-likeness (QED) is 0.241. The molecule has 0 aromatic heterocycles. The number of anilines is 1. The second-order valence-corrected chi connectivity index (χ2v) is 13.5. The minimum absolute atomic E-state index is 0.0690. The van der Waals surface area contributed by atoms with Crippen LogP contribution < -0.4 is 9.62 Å². The van der Waals surface area contributed by atoms with Gasteiger partial charge in [-0.25, -0.2) is 8.42 Å². The molecule has 0 aliphatic carbocycles. The van der Waals surface area contributed by atoms with Crippen LogP contribution in [0.5, 0.6) is 0 Å². The zero-order valence-electron chi connectivity index (χ0n) is 22.8. The molecule has 0 aliphatic heterocycles. The highest BCUT2D eigenvalue weighted by molar-refractivity contribution is 7.92. The summed E-state index contributed by atoms with van der Waals surface area (Å²) in [5.41, 5.74) is 1.52. The number of carbonyl (C=O) groups excluding carboxylic acids is 2. The lowest BCUT2D eigenvalue weighted by Crippen LogP contribution is -2.53. The van der Waals surface area contributed by atoms with Crippen molar-refractivity contribution in [1.29, 1.82) is 0 Å². The summed E-state index contributed by atoms with van der Waals surface area (Å²) < 4.78 is 26.7. The zero-order chi connectivity index (χ0) is 30.3. The Morgan fingerprint density at radius 2 is 1.56 bits per heavy atom. The third-order valence-corrected chi connectivity index (χ3v) is 8.65. The predicted octanol–water partition coefficient (Wildman–Crippen LogP) is 6.48. The molecular weight excluding hydrogens is 628 g/mol. The van der Waals surface area contributed by atoms with Gasteiger partial charge >= 0.3 is 0 Å². The molecule has 0 saturated carbocycles. The number of carbonyl (C=O) groups is 2. The number of nitrogens with zero attached hydrogens (tertiary/aromatic N) is 2. The Balaban J connectivity index is 2.08. The van der Waals surface area contributed by atoms with Gasteiger partial charge in [-0.05, 0) is 47.4 Å². The summed E-state index contributed by atoms with van der Waals surface area (Å²) in [7, 11) is -3.95. The van der Waals surface area contributed by atoms with E-state index in [4.69, 9.17) is 46.4 Å². The molecule has 12 heteroatoms. The highest BCUT2D eigenvalue weighted by Crippen LogP contribution is 2.29. The molecule has 220 valence electrons. The summed E-state index contributed by atoms with van der Waals surface area (Å²) in [6.45, 7) is 3.66. The van der Waals surface area contributed by atoms with Gasteiger partial charge in [0.05, 0.1) is 22.0 Å². The van der Waals surface area contributed by atoms with Crippen LogP contribution >= 0.6 is 46.4 Å². The van der Waals surface area contributed by atoms with E-state index in [1.165, 1.54) is 23.1 Å². The molecule has 0 aliphatic rings. The van der Waals surface area contributed by atoms with Crippen LogP contribution in [0.2, 0.25) is 20.1 Å². The van der Waals surface area contributed by atoms with E-state index < -0.39 is 28.5 Å². The lowest BCUT2D eigenvalue weighted by molar-refractivity contribution is -0.140. The first-order valence-electron chi connectivity index (χ1n) is 12.7. The van der Waals surface area contributed by atoms with Crippen molar-refractivity contribution in [3.05, 3.63) is 97.9 Å². The lowest BCUT2D eigenvalue weighted by Gasteiger charge is -2.34. The van der Waals surface area contributed by atoms with Crippen molar-refractivity contribution < 1.29 is 18.0 Å². The average Bonchev–Trinajstić information content (AvgIpc) is 2.90. The number of nitrogens with one attached hydrogen (secondary N) is 1. The Bertz CT molecular complexity index is 1490. The number of benzene rings is 3. The number of sulfonamides is 1. The topological polar surface area (TPSA) is 86.8 Å². The van der Waals surface area contributed by atoms with Gasteiger partial charge in [-0.1, -0.05) is 96.6 Å². The van der Waals surface area contributed by atoms with Gasteiger partial charge in [-0.15, -0.1) is 0 Å². The van der Waals surface area contributed by atoms with Crippen LogP contribution in [0.15, 0.2) is 66.7 Å². The van der Waals surface area contributed by atoms with Gasteiger partial charge in [-0.2, -0.15) is 0 Å². The molecular formula is C29H31Cl4N3O4S. The maximum Gasteiger partial charge on any atom is 0.244 e. The highest BCUT2D eigenvalue weighted by Gasteiger charge is 2.33. The molecule has 0 unspecified atom stereocenters. The fourth-order valence-corrected chi connectivity index (χ4v) is 5.67. The third-order valence-electron chi connectivity index (χ3n) is 6.18. The molecule has 0 fully saturated rings. The fourth-order valence-electron chi connectivity index (χ4n) is 4.06. The Morgan fingerprint density at radius 3 is 2.15 bits per heavy atom. The van der Waals surface area contributed by atoms with Crippen molar-refractivity contribution in [3.8, 4) is 0 Å². The normalized spacial score (nSPS) is 12.2. The van der Waals surface area contributed by atoms with Crippen molar-refractivity contribution in [2.45, 2.75) is 32.9 Å². The number of hydrogen-bond donors (Lipinski definition) is 1. The smallest absolute Gasteiger partial charge is 0.244 e. The van der Waals surface area contributed by atoms with E-state index in [2.05, 4.69) is 5.32 Å². The SMILES string of the molecule is CC(C)CNC(=O)[C@H](Cc1ccccc1)N(Cc1ccc(Cl)cc1Cl)C(=O)CN(c1ccc(Cl)c(Cl)c1)S(C)(=O)=O. The van der Waals surface area contributed by atoms with Gasteiger partial charge in [0, 0.05) is 29.6 Å². The van der Waals surface area contributed by atoms with E-state index in [-0.39, 0.29) is 40.5 Å². The van der Waals surface area contributed by atoms with Gasteiger partial charge < -0.3 is 10.2 Å². The van der Waals surface area contributed by atoms with Crippen molar-refractivity contribution in [2.24, 2.45) is 5.92 Å². The molecule has 3 aromatic rings. The van der Waals surface area contributed by atoms with Crippen LogP contribution in [0.1, 0.15) is 25.0 Å². The van der Waals surface area contributed by atoms with E-state index in [1.807, 2.05) is 44.2 Å². The van der Waals surface area contributed by atoms with Crippen LogP contribution in [0, 0.1) is 5.92 Å². The molecule has 0 saturated heterocycles. The predicted molar refractivity (Wildman–Crippen MR) is 167 cm³/mol. The van der Waals surface area contributed by atoms with Crippen LogP contribution in [0.25, 0.3) is 0 Å². The fraction of sp³-hybridized carbons (Fsp3) is 0.310. The molecule has 0 spiro atoms. The summed E-state index contributed by atoms with van der Waals surface area (Å²) >= 11 is 24.8. The molecule has 2 amide bonds. The van der Waals surface area contributed by atoms with Crippen molar-refractivity contribution in [1.82, 2.24) is 10.2 Å². The summed E-state index contributed by atoms with van der Waals surface area (Å²) in [5, 5.41) is 4.01. The maximum atomic E-state index is 14.1. The van der Waals surface area contributed by atoms with Crippen LogP contribution in [0.4, 0.5) is 5.69 Å². The number of rotatable bonds is 12. The first kappa shape index (κ1) is 33.0. The van der Waals surface area contributed by atoms with Crippen molar-refractivity contribution >= 4 is 73.9 Å². The Hall–Kier alpha value is -2.49. The first-order chi connectivity index (χ1) is 19.3. The molecule has 0 radical (unpaired) electrons. The largest absolute Gasteiger partial charge is 0.354 e. The molecule has 0 bridgehead atoms. The molecule has 0 heterocycles. The Morgan fingerprint density at radius 1 is 0.878 bits per heavy atom. The standard InChI is InChI=1S/C29H31Cl4N3O4S/c1-19(2)16-34-29(38)27(13-20-7-5-4-6-8-20)35(17-21-9-10-22(30)14-25(21)32)28(37)18-36(41(3,39)40)23-11-12-24(31)26(33)15-23/h4-12,14-15,19,27H,13,16-18H2,1-3H3,(H,34,38)/t27-/m0/s1. The van der Waals surface area contributed by atoms with Crippen LogP contribution in [0.3, 0.4) is 0 Å². The van der Waals surface area contributed by atoms with E-state index in [0.717, 1.165) is 16.1 Å². The third kappa shape index (κ3) is 9.51. The Kier molecular flexibility index (Phi) is 11.8. The minimum Gasteiger partial charge on any atom is -0.354 e. The van der Waals surface area contributed by atoms with E-state index >= 15 is 0 Å². The lowest BCUT2D eigenvalue weighted by atomic mass is 10.0. The van der Waals surface area contributed by atoms with Gasteiger partial charge in [0.15, 0.2) is 0 Å². The molecule has 41 heavy (non-hydrogen) atoms. The summed E-state index contributed by atoms with van der Waals surface area (Å²) in [6, 6.07) is 17.4. The number of hydrogen-bond acceptors (Lipinski definition) is 4. The van der Waals surface area contributed by atoms with E-state index in [0.29, 0.717) is 22.2 Å². The van der Waals surface area contributed by atoms with Crippen LogP contribution in [-0.2, 0) is 32.6 Å². The summed E-state index contributed by atoms with van der Waals surface area (Å²) in [4.78, 5) is 29.1. The van der Waals surface area contributed by atoms with Gasteiger partial charge in [0.2, 0.25) is 21.8 Å². The molecule has 3 rings (SSSR count). The highest BCUT2D eigenvalue weighted by atomic mass is 35.5. The summed E-state index contributed by atoms with van der Waals surface area (Å²) in [5.74, 6) is -0.823. The second-order valence-electron chi connectivity index (χ2n) is 9.97. The number of amides is 2. The zero-order valence-corrected chi connectivity index (χ0v) is 26.6. The average molecular weight is 659 g/mol. The van der Waals surface area contributed by atoms with Crippen molar-refractivity contribution in [3.63, 3.8) is 0 Å². The monoisotopic (exact) mass is 657 g/mol. The minimum atomic E-state index is -3.95. The molecule has 7 nitrogen and oxygen atoms in total. The Labute approximate surface area is 261 Å². The van der Waals surface area contributed by atoms with Gasteiger partial charge in [0.1, 0.15) is 12.6 Å². The first-order valence-corrected chi connectivity index (χ1v) is 16.1. The van der Waals surface area contributed by atoms with E-state index in [1.54, 1.807) is 18.2 Å². The number of halogens is 4. The molecule has 1 atom stereocenters. The molecule has 1 N–H and O–H groups in total. The molecule has 3 aromatic carbocycles. The van der Waals surface area contributed by atoms with Gasteiger partial charge in [-0.3, -0.25) is 13.9 Å². The van der Waals surface area contributed by atoms with Crippen LogP contribution in [-0.4, -0.2) is 50.5 Å². The second kappa shape index (κ2) is 14.6. The van der Waals surface area contributed by atoms with E-state index in [9.17, 15) is 18.0 Å². The summed E-state index contributed by atoms with van der Waals surface area (Å²) in [6.07, 6.45) is 1.17.